The zero-order chi connectivity index (χ0) is 13.4. The van der Waals surface area contributed by atoms with E-state index in [1.807, 2.05) is 24.3 Å². The van der Waals surface area contributed by atoms with E-state index in [0.29, 0.717) is 19.5 Å². The Balaban J connectivity index is 2.10. The van der Waals surface area contributed by atoms with E-state index in [-0.39, 0.29) is 13.0 Å². The number of unbranched alkanes of at least 4 members (excludes halogenated alkanes) is 1. The zero-order valence-electron chi connectivity index (χ0n) is 10.1. The molecule has 1 aromatic rings. The second-order valence-corrected chi connectivity index (χ2v) is 4.22. The fourth-order valence-corrected chi connectivity index (χ4v) is 1.57. The molecule has 1 aromatic carbocycles. The van der Waals surface area contributed by atoms with Crippen LogP contribution in [0, 0.1) is 0 Å². The second kappa shape index (κ2) is 7.38. The normalized spacial score (nSPS) is 11.8. The van der Waals surface area contributed by atoms with Crippen LogP contribution >= 0.6 is 0 Å². The Morgan fingerprint density at radius 3 is 2.17 bits per heavy atom. The molecule has 0 aliphatic rings. The van der Waals surface area contributed by atoms with E-state index in [4.69, 9.17) is 5.11 Å². The van der Waals surface area contributed by atoms with Gasteiger partial charge < -0.3 is 10.4 Å². The molecule has 0 atom stereocenters. The minimum Gasteiger partial charge on any atom is -0.392 e. The summed E-state index contributed by atoms with van der Waals surface area (Å²) >= 11 is 0. The minimum absolute atomic E-state index is 0.0190. The van der Waals surface area contributed by atoms with Crippen LogP contribution in [0.2, 0.25) is 0 Å². The molecule has 18 heavy (non-hydrogen) atoms. The Morgan fingerprint density at radius 2 is 1.61 bits per heavy atom. The van der Waals surface area contributed by atoms with Crippen molar-refractivity contribution >= 4 is 0 Å². The van der Waals surface area contributed by atoms with Gasteiger partial charge in [0.05, 0.1) is 6.61 Å². The third-order valence-electron chi connectivity index (χ3n) is 2.60. The highest BCUT2D eigenvalue weighted by Gasteiger charge is 2.25. The predicted molar refractivity (Wildman–Crippen MR) is 64.0 cm³/mol. The van der Waals surface area contributed by atoms with Crippen LogP contribution in [0.25, 0.3) is 0 Å². The molecular weight excluding hydrogens is 243 g/mol. The van der Waals surface area contributed by atoms with E-state index >= 15 is 0 Å². The fourth-order valence-electron chi connectivity index (χ4n) is 1.57. The summed E-state index contributed by atoms with van der Waals surface area (Å²) in [5.74, 6) is 0. The highest BCUT2D eigenvalue weighted by atomic mass is 19.4. The predicted octanol–water partition coefficient (Wildman–Crippen LogP) is 3.00. The molecule has 0 amide bonds. The summed E-state index contributed by atoms with van der Waals surface area (Å²) in [6.07, 6.45) is -4.06. The Morgan fingerprint density at radius 1 is 1.00 bits per heavy atom. The van der Waals surface area contributed by atoms with E-state index in [1.54, 1.807) is 0 Å². The Hall–Kier alpha value is -1.07. The van der Waals surface area contributed by atoms with Crippen molar-refractivity contribution in [1.82, 2.24) is 5.32 Å². The molecule has 1 rings (SSSR count). The topological polar surface area (TPSA) is 32.3 Å². The number of aliphatic hydroxyl groups excluding tert-OH is 1. The maximum absolute atomic E-state index is 11.9. The van der Waals surface area contributed by atoms with Gasteiger partial charge in [0.2, 0.25) is 0 Å². The number of benzene rings is 1. The van der Waals surface area contributed by atoms with Gasteiger partial charge in [-0.1, -0.05) is 24.3 Å². The van der Waals surface area contributed by atoms with Crippen LogP contribution in [0.3, 0.4) is 0 Å². The Bertz CT molecular complexity index is 335. The van der Waals surface area contributed by atoms with Crippen LogP contribution in [0.4, 0.5) is 13.2 Å². The summed E-state index contributed by atoms with van der Waals surface area (Å²) in [7, 11) is 0. The van der Waals surface area contributed by atoms with Gasteiger partial charge in [0.1, 0.15) is 0 Å². The summed E-state index contributed by atoms with van der Waals surface area (Å²) in [5.41, 5.74) is 1.91. The third kappa shape index (κ3) is 6.61. The highest BCUT2D eigenvalue weighted by molar-refractivity contribution is 5.21. The standard InChI is InChI=1S/C13H18F3NO/c14-13(15,16)7-1-2-8-17-9-11-3-5-12(10-18)6-4-11/h3-6,17-18H,1-2,7-10H2. The van der Waals surface area contributed by atoms with Gasteiger partial charge in [-0.15, -0.1) is 0 Å². The number of hydrogen-bond acceptors (Lipinski definition) is 2. The van der Waals surface area contributed by atoms with E-state index in [2.05, 4.69) is 5.32 Å². The summed E-state index contributed by atoms with van der Waals surface area (Å²) in [6, 6.07) is 7.46. The zero-order valence-corrected chi connectivity index (χ0v) is 10.1. The molecule has 2 nitrogen and oxygen atoms in total. The monoisotopic (exact) mass is 261 g/mol. The average molecular weight is 261 g/mol. The fraction of sp³-hybridized carbons (Fsp3) is 0.538. The first-order chi connectivity index (χ1) is 8.51. The molecule has 0 saturated heterocycles. The summed E-state index contributed by atoms with van der Waals surface area (Å²) in [4.78, 5) is 0. The number of aliphatic hydroxyl groups is 1. The van der Waals surface area contributed by atoms with Crippen molar-refractivity contribution in [3.63, 3.8) is 0 Å². The van der Waals surface area contributed by atoms with Crippen molar-refractivity contribution in [3.8, 4) is 0 Å². The van der Waals surface area contributed by atoms with Crippen LogP contribution in [-0.4, -0.2) is 17.8 Å². The number of nitrogens with one attached hydrogen (secondary N) is 1. The molecule has 0 aliphatic carbocycles. The molecule has 0 unspecified atom stereocenters. The second-order valence-electron chi connectivity index (χ2n) is 4.22. The molecule has 102 valence electrons. The van der Waals surface area contributed by atoms with E-state index in [1.165, 1.54) is 0 Å². The third-order valence-corrected chi connectivity index (χ3v) is 2.60. The lowest BCUT2D eigenvalue weighted by Gasteiger charge is -2.07. The van der Waals surface area contributed by atoms with Crippen LogP contribution in [0.5, 0.6) is 0 Å². The average Bonchev–Trinajstić information content (AvgIpc) is 2.33. The largest absolute Gasteiger partial charge is 0.392 e. The Labute approximate surface area is 105 Å². The molecule has 0 saturated carbocycles. The Kier molecular flexibility index (Phi) is 6.15. The van der Waals surface area contributed by atoms with E-state index in [0.717, 1.165) is 11.1 Å². The number of alkyl halides is 3. The molecule has 0 radical (unpaired) electrons. The summed E-state index contributed by atoms with van der Waals surface area (Å²) < 4.78 is 35.6. The minimum atomic E-state index is -4.04. The lowest BCUT2D eigenvalue weighted by atomic mass is 10.1. The molecule has 2 N–H and O–H groups in total. The van der Waals surface area contributed by atoms with Crippen molar-refractivity contribution in [2.45, 2.75) is 38.6 Å². The molecule has 0 spiro atoms. The molecule has 0 aromatic heterocycles. The highest BCUT2D eigenvalue weighted by Crippen LogP contribution is 2.21. The maximum Gasteiger partial charge on any atom is 0.389 e. The van der Waals surface area contributed by atoms with Gasteiger partial charge in [0.15, 0.2) is 0 Å². The molecule has 0 fully saturated rings. The SMILES string of the molecule is OCc1ccc(CNCCCCC(F)(F)F)cc1. The van der Waals surface area contributed by atoms with Crippen LogP contribution < -0.4 is 5.32 Å². The first-order valence-electron chi connectivity index (χ1n) is 5.97. The molecule has 0 aliphatic heterocycles. The molecule has 0 bridgehead atoms. The van der Waals surface area contributed by atoms with Gasteiger partial charge in [0.25, 0.3) is 0 Å². The van der Waals surface area contributed by atoms with Crippen LogP contribution in [0.15, 0.2) is 24.3 Å². The number of hydrogen-bond donors (Lipinski definition) is 2. The number of halogens is 3. The molecular formula is C13H18F3NO. The van der Waals surface area contributed by atoms with Gasteiger partial charge >= 0.3 is 6.18 Å². The van der Waals surface area contributed by atoms with Gasteiger partial charge in [-0.05, 0) is 30.5 Å². The van der Waals surface area contributed by atoms with E-state index < -0.39 is 12.6 Å². The smallest absolute Gasteiger partial charge is 0.389 e. The lowest BCUT2D eigenvalue weighted by molar-refractivity contribution is -0.135. The first kappa shape index (κ1) is 15.0. The van der Waals surface area contributed by atoms with Crippen molar-refractivity contribution in [1.29, 1.82) is 0 Å². The van der Waals surface area contributed by atoms with Crippen molar-refractivity contribution in [2.75, 3.05) is 6.54 Å². The van der Waals surface area contributed by atoms with E-state index in [9.17, 15) is 13.2 Å². The van der Waals surface area contributed by atoms with Gasteiger partial charge in [-0.25, -0.2) is 0 Å². The van der Waals surface area contributed by atoms with Crippen LogP contribution in [0.1, 0.15) is 30.4 Å². The van der Waals surface area contributed by atoms with Gasteiger partial charge in [-0.2, -0.15) is 13.2 Å². The first-order valence-corrected chi connectivity index (χ1v) is 5.97. The van der Waals surface area contributed by atoms with Crippen molar-refractivity contribution in [3.05, 3.63) is 35.4 Å². The number of rotatable bonds is 7. The van der Waals surface area contributed by atoms with Gasteiger partial charge in [0, 0.05) is 13.0 Å². The quantitative estimate of drug-likeness (QED) is 0.739. The summed E-state index contributed by atoms with van der Waals surface area (Å²) in [6.45, 7) is 1.24. The van der Waals surface area contributed by atoms with Gasteiger partial charge in [-0.3, -0.25) is 0 Å². The maximum atomic E-state index is 11.9. The molecule has 5 heteroatoms. The van der Waals surface area contributed by atoms with Crippen molar-refractivity contribution < 1.29 is 18.3 Å². The molecule has 0 heterocycles. The summed E-state index contributed by atoms with van der Waals surface area (Å²) in [5, 5.41) is 12.0. The lowest BCUT2D eigenvalue weighted by Crippen LogP contribution is -2.15. The van der Waals surface area contributed by atoms with Crippen LogP contribution in [-0.2, 0) is 13.2 Å². The van der Waals surface area contributed by atoms with Crippen molar-refractivity contribution in [2.24, 2.45) is 0 Å².